The van der Waals surface area contributed by atoms with Crippen molar-refractivity contribution in [1.29, 1.82) is 0 Å². The summed E-state index contributed by atoms with van der Waals surface area (Å²) >= 11 is 0. The zero-order valence-corrected chi connectivity index (χ0v) is 9.50. The molecule has 8 nitrogen and oxygen atoms in total. The lowest BCUT2D eigenvalue weighted by molar-refractivity contribution is 0.314. The molecule has 2 N–H and O–H groups in total. The topological polar surface area (TPSA) is 100 Å². The summed E-state index contributed by atoms with van der Waals surface area (Å²) in [5.74, 6) is 0.0205. The molecular formula is C6H13N5O3S. The Labute approximate surface area is 87.8 Å². The van der Waals surface area contributed by atoms with E-state index < -0.39 is 10.2 Å². The zero-order valence-electron chi connectivity index (χ0n) is 8.68. The summed E-state index contributed by atoms with van der Waals surface area (Å²) in [5.41, 5.74) is 0. The summed E-state index contributed by atoms with van der Waals surface area (Å²) in [5, 5.41) is 6.04. The number of aromatic nitrogens is 3. The molecule has 9 heteroatoms. The van der Waals surface area contributed by atoms with Gasteiger partial charge in [0.25, 0.3) is 0 Å². The van der Waals surface area contributed by atoms with E-state index >= 15 is 0 Å². The zero-order chi connectivity index (χ0) is 11.5. The van der Waals surface area contributed by atoms with Gasteiger partial charge in [-0.1, -0.05) is 0 Å². The van der Waals surface area contributed by atoms with Gasteiger partial charge in [0, 0.05) is 14.1 Å². The SMILES string of the molecule is CCOc1n[nH]c(NS(=O)(=O)N(C)C)n1. The van der Waals surface area contributed by atoms with Gasteiger partial charge >= 0.3 is 16.2 Å². The molecule has 0 saturated carbocycles. The maximum atomic E-state index is 11.4. The Morgan fingerprint density at radius 2 is 2.20 bits per heavy atom. The average Bonchev–Trinajstić information content (AvgIpc) is 2.52. The quantitative estimate of drug-likeness (QED) is 0.711. The molecule has 0 spiro atoms. The number of anilines is 1. The Morgan fingerprint density at radius 1 is 1.53 bits per heavy atom. The fourth-order valence-corrected chi connectivity index (χ4v) is 1.22. The Kier molecular flexibility index (Phi) is 3.48. The number of ether oxygens (including phenoxy) is 1. The van der Waals surface area contributed by atoms with Crippen LogP contribution in [0.1, 0.15) is 6.92 Å². The van der Waals surface area contributed by atoms with Crippen LogP contribution in [0.25, 0.3) is 0 Å². The van der Waals surface area contributed by atoms with Crippen molar-refractivity contribution >= 4 is 16.2 Å². The van der Waals surface area contributed by atoms with Crippen LogP contribution in [-0.2, 0) is 10.2 Å². The van der Waals surface area contributed by atoms with Gasteiger partial charge < -0.3 is 4.74 Å². The van der Waals surface area contributed by atoms with Gasteiger partial charge in [-0.3, -0.25) is 0 Å². The summed E-state index contributed by atoms with van der Waals surface area (Å²) in [6.45, 7) is 2.19. The molecule has 1 aromatic rings. The lowest BCUT2D eigenvalue weighted by Crippen LogP contribution is -2.29. The fourth-order valence-electron chi connectivity index (χ4n) is 0.699. The number of hydrogen-bond donors (Lipinski definition) is 2. The van der Waals surface area contributed by atoms with Crippen LogP contribution in [0.4, 0.5) is 5.95 Å². The van der Waals surface area contributed by atoms with Gasteiger partial charge in [-0.25, -0.2) is 9.82 Å². The standard InChI is InChI=1S/C6H13N5O3S/c1-4-14-6-7-5(8-9-6)10-15(12,13)11(2)3/h4H2,1-3H3,(H2,7,8,9,10). The summed E-state index contributed by atoms with van der Waals surface area (Å²) in [6, 6.07) is 0.106. The van der Waals surface area contributed by atoms with Crippen LogP contribution in [-0.4, -0.2) is 48.6 Å². The van der Waals surface area contributed by atoms with Gasteiger partial charge in [0.1, 0.15) is 0 Å². The Bertz CT molecular complexity index is 412. The van der Waals surface area contributed by atoms with Crippen LogP contribution in [0, 0.1) is 0 Å². The van der Waals surface area contributed by atoms with Crippen molar-refractivity contribution in [3.63, 3.8) is 0 Å². The maximum absolute atomic E-state index is 11.4. The van der Waals surface area contributed by atoms with Crippen LogP contribution in [0.2, 0.25) is 0 Å². The van der Waals surface area contributed by atoms with E-state index in [-0.39, 0.29) is 12.0 Å². The van der Waals surface area contributed by atoms with Crippen LogP contribution in [0.3, 0.4) is 0 Å². The summed E-state index contributed by atoms with van der Waals surface area (Å²) in [6.07, 6.45) is 0. The van der Waals surface area contributed by atoms with Gasteiger partial charge in [-0.2, -0.15) is 17.7 Å². The van der Waals surface area contributed by atoms with Crippen LogP contribution < -0.4 is 9.46 Å². The predicted molar refractivity (Wildman–Crippen MR) is 53.8 cm³/mol. The molecule has 0 fully saturated rings. The highest BCUT2D eigenvalue weighted by Gasteiger charge is 2.15. The van der Waals surface area contributed by atoms with Crippen LogP contribution in [0.5, 0.6) is 6.01 Å². The molecule has 0 aromatic carbocycles. The molecule has 0 saturated heterocycles. The second kappa shape index (κ2) is 4.45. The Balaban J connectivity index is 2.73. The van der Waals surface area contributed by atoms with Crippen molar-refractivity contribution in [3.05, 3.63) is 0 Å². The highest BCUT2D eigenvalue weighted by atomic mass is 32.2. The molecule has 0 atom stereocenters. The van der Waals surface area contributed by atoms with Gasteiger partial charge in [0.15, 0.2) is 0 Å². The van der Waals surface area contributed by atoms with Crippen LogP contribution >= 0.6 is 0 Å². The summed E-state index contributed by atoms with van der Waals surface area (Å²) in [4.78, 5) is 3.76. The molecule has 1 aromatic heterocycles. The summed E-state index contributed by atoms with van der Waals surface area (Å²) in [7, 11) is -0.749. The lowest BCUT2D eigenvalue weighted by Gasteiger charge is -2.10. The van der Waals surface area contributed by atoms with Gasteiger partial charge in [-0.05, 0) is 6.92 Å². The van der Waals surface area contributed by atoms with E-state index in [4.69, 9.17) is 4.74 Å². The first-order chi connectivity index (χ1) is 6.95. The summed E-state index contributed by atoms with van der Waals surface area (Å²) < 4.78 is 30.9. The smallest absolute Gasteiger partial charge is 0.337 e. The molecule has 0 unspecified atom stereocenters. The molecule has 0 radical (unpaired) electrons. The minimum Gasteiger partial charge on any atom is -0.463 e. The monoisotopic (exact) mass is 235 g/mol. The molecule has 0 aliphatic rings. The van der Waals surface area contributed by atoms with Gasteiger partial charge in [0.05, 0.1) is 6.61 Å². The molecule has 1 heterocycles. The first kappa shape index (κ1) is 11.7. The minimum absolute atomic E-state index is 0.0205. The molecule has 0 aliphatic carbocycles. The van der Waals surface area contributed by atoms with E-state index in [1.807, 2.05) is 0 Å². The molecule has 86 valence electrons. The second-order valence-electron chi connectivity index (χ2n) is 2.79. The van der Waals surface area contributed by atoms with E-state index in [0.29, 0.717) is 6.61 Å². The van der Waals surface area contributed by atoms with Crippen LogP contribution in [0.15, 0.2) is 0 Å². The molecule has 0 amide bonds. The van der Waals surface area contributed by atoms with Crippen molar-refractivity contribution in [2.24, 2.45) is 0 Å². The average molecular weight is 235 g/mol. The number of nitrogens with zero attached hydrogens (tertiary/aromatic N) is 3. The third-order valence-corrected chi connectivity index (χ3v) is 2.86. The number of H-pyrrole nitrogens is 1. The first-order valence-corrected chi connectivity index (χ1v) is 5.65. The van der Waals surface area contributed by atoms with Crippen molar-refractivity contribution in [2.45, 2.75) is 6.92 Å². The molecular weight excluding hydrogens is 222 g/mol. The van der Waals surface area contributed by atoms with Crippen molar-refractivity contribution in [2.75, 3.05) is 25.4 Å². The van der Waals surface area contributed by atoms with Gasteiger partial charge in [0.2, 0.25) is 5.95 Å². The van der Waals surface area contributed by atoms with E-state index in [2.05, 4.69) is 19.9 Å². The third kappa shape index (κ3) is 3.06. The number of rotatable bonds is 5. The van der Waals surface area contributed by atoms with E-state index in [0.717, 1.165) is 4.31 Å². The van der Waals surface area contributed by atoms with Gasteiger partial charge in [-0.15, -0.1) is 5.10 Å². The predicted octanol–water partition coefficient (Wildman–Crippen LogP) is -0.578. The fraction of sp³-hybridized carbons (Fsp3) is 0.667. The van der Waals surface area contributed by atoms with Crippen molar-refractivity contribution in [3.8, 4) is 6.01 Å². The molecule has 15 heavy (non-hydrogen) atoms. The van der Waals surface area contributed by atoms with E-state index in [1.54, 1.807) is 6.92 Å². The molecule has 1 rings (SSSR count). The highest BCUT2D eigenvalue weighted by molar-refractivity contribution is 7.90. The Morgan fingerprint density at radius 3 is 2.73 bits per heavy atom. The number of nitrogens with one attached hydrogen (secondary N) is 2. The van der Waals surface area contributed by atoms with E-state index in [9.17, 15) is 8.42 Å². The minimum atomic E-state index is -3.56. The molecule has 0 bridgehead atoms. The highest BCUT2D eigenvalue weighted by Crippen LogP contribution is 2.07. The number of hydrogen-bond acceptors (Lipinski definition) is 5. The van der Waals surface area contributed by atoms with E-state index in [1.165, 1.54) is 14.1 Å². The first-order valence-electron chi connectivity index (χ1n) is 4.21. The maximum Gasteiger partial charge on any atom is 0.337 e. The Hall–Kier alpha value is -1.35. The number of aromatic amines is 1. The largest absolute Gasteiger partial charge is 0.463 e. The molecule has 0 aliphatic heterocycles. The van der Waals surface area contributed by atoms with Crippen molar-refractivity contribution in [1.82, 2.24) is 19.5 Å². The normalized spacial score (nSPS) is 11.7. The second-order valence-corrected chi connectivity index (χ2v) is 4.67. The van der Waals surface area contributed by atoms with Crippen molar-refractivity contribution < 1.29 is 13.2 Å². The third-order valence-electron chi connectivity index (χ3n) is 1.44. The lowest BCUT2D eigenvalue weighted by atomic mass is 10.9.